The van der Waals surface area contributed by atoms with E-state index >= 15 is 0 Å². The molecule has 4 N–H and O–H groups in total. The summed E-state index contributed by atoms with van der Waals surface area (Å²) in [7, 11) is 0. The lowest BCUT2D eigenvalue weighted by Crippen LogP contribution is -2.29. The van der Waals surface area contributed by atoms with Crippen LogP contribution >= 0.6 is 23.4 Å². The van der Waals surface area contributed by atoms with Crippen molar-refractivity contribution in [3.8, 4) is 5.75 Å². The molecule has 1 aromatic rings. The molecule has 106 valence electrons. The molecule has 0 amide bonds. The zero-order chi connectivity index (χ0) is 14.3. The Bertz CT molecular complexity index is 428. The number of nitrogens with two attached hydrogens (primary N) is 1. The van der Waals surface area contributed by atoms with Crippen molar-refractivity contribution in [3.63, 3.8) is 0 Å². The molecule has 0 saturated carbocycles. The molecule has 1 atom stereocenters. The standard InChI is InChI=1S/C13H18ClNO3S/c14-9-5-6-11(16)12(8-9)19-7-3-1-2-4-10(15)13(17)18/h5-6,8,10,16H,1-4,7,15H2,(H,17,18). The molecule has 0 bridgehead atoms. The number of carboxylic acids is 1. The highest BCUT2D eigenvalue weighted by Crippen LogP contribution is 2.31. The van der Waals surface area contributed by atoms with Gasteiger partial charge in [0.2, 0.25) is 0 Å². The number of carboxylic acid groups (broad SMARTS) is 1. The van der Waals surface area contributed by atoms with E-state index in [0.29, 0.717) is 11.4 Å². The van der Waals surface area contributed by atoms with E-state index in [4.69, 9.17) is 22.4 Å². The summed E-state index contributed by atoms with van der Waals surface area (Å²) in [4.78, 5) is 11.3. The van der Waals surface area contributed by atoms with Crippen LogP contribution < -0.4 is 5.73 Å². The summed E-state index contributed by atoms with van der Waals surface area (Å²) in [5.74, 6) is 0.150. The molecule has 1 unspecified atom stereocenters. The van der Waals surface area contributed by atoms with Gasteiger partial charge in [-0.25, -0.2) is 0 Å². The number of unbranched alkanes of at least 4 members (excludes halogenated alkanes) is 2. The van der Waals surface area contributed by atoms with Crippen LogP contribution in [-0.2, 0) is 4.79 Å². The number of benzene rings is 1. The Labute approximate surface area is 122 Å². The molecule has 0 heterocycles. The molecular formula is C13H18ClNO3S. The van der Waals surface area contributed by atoms with E-state index in [9.17, 15) is 9.90 Å². The first-order chi connectivity index (χ1) is 9.00. The molecule has 0 saturated heterocycles. The first-order valence-electron chi connectivity index (χ1n) is 6.10. The van der Waals surface area contributed by atoms with E-state index in [1.165, 1.54) is 0 Å². The minimum Gasteiger partial charge on any atom is -0.507 e. The van der Waals surface area contributed by atoms with Crippen LogP contribution in [0.25, 0.3) is 0 Å². The van der Waals surface area contributed by atoms with Gasteiger partial charge < -0.3 is 15.9 Å². The maximum absolute atomic E-state index is 10.5. The molecule has 0 radical (unpaired) electrons. The van der Waals surface area contributed by atoms with Crippen molar-refractivity contribution >= 4 is 29.3 Å². The van der Waals surface area contributed by atoms with Gasteiger partial charge in [-0.15, -0.1) is 11.8 Å². The molecule has 6 heteroatoms. The molecule has 1 aromatic carbocycles. The zero-order valence-corrected chi connectivity index (χ0v) is 12.1. The Kier molecular flexibility index (Phi) is 7.05. The summed E-state index contributed by atoms with van der Waals surface area (Å²) in [6.07, 6.45) is 3.18. The second-order valence-corrected chi connectivity index (χ2v) is 5.83. The number of carbonyl (C=O) groups is 1. The lowest BCUT2D eigenvalue weighted by atomic mass is 10.1. The summed E-state index contributed by atoms with van der Waals surface area (Å²) in [6, 6.07) is 4.21. The van der Waals surface area contributed by atoms with E-state index in [1.54, 1.807) is 30.0 Å². The van der Waals surface area contributed by atoms with Crippen LogP contribution in [0.5, 0.6) is 5.75 Å². The van der Waals surface area contributed by atoms with E-state index in [2.05, 4.69) is 0 Å². The van der Waals surface area contributed by atoms with Gasteiger partial charge in [-0.3, -0.25) is 4.79 Å². The molecule has 4 nitrogen and oxygen atoms in total. The highest BCUT2D eigenvalue weighted by molar-refractivity contribution is 7.99. The highest BCUT2D eigenvalue weighted by atomic mass is 35.5. The number of phenolic OH excluding ortho intramolecular Hbond substituents is 1. The summed E-state index contributed by atoms with van der Waals surface area (Å²) in [5, 5.41) is 18.8. The Morgan fingerprint density at radius 3 is 2.79 bits per heavy atom. The second-order valence-electron chi connectivity index (χ2n) is 4.25. The minimum absolute atomic E-state index is 0.238. The number of hydrogen-bond donors (Lipinski definition) is 3. The van der Waals surface area contributed by atoms with Crippen molar-refractivity contribution in [3.05, 3.63) is 23.2 Å². The Morgan fingerprint density at radius 2 is 2.11 bits per heavy atom. The number of hydrogen-bond acceptors (Lipinski definition) is 4. The largest absolute Gasteiger partial charge is 0.507 e. The zero-order valence-electron chi connectivity index (χ0n) is 10.5. The third-order valence-electron chi connectivity index (χ3n) is 2.66. The Balaban J connectivity index is 2.17. The summed E-state index contributed by atoms with van der Waals surface area (Å²) < 4.78 is 0. The minimum atomic E-state index is -0.946. The lowest BCUT2D eigenvalue weighted by Gasteiger charge is -2.06. The van der Waals surface area contributed by atoms with Gasteiger partial charge in [0.15, 0.2) is 0 Å². The van der Waals surface area contributed by atoms with E-state index in [-0.39, 0.29) is 5.75 Å². The summed E-state index contributed by atoms with van der Waals surface area (Å²) >= 11 is 7.39. The van der Waals surface area contributed by atoms with Gasteiger partial charge in [0.05, 0.1) is 4.90 Å². The maximum atomic E-state index is 10.5. The van der Waals surface area contributed by atoms with Crippen LogP contribution in [0.2, 0.25) is 5.02 Å². The van der Waals surface area contributed by atoms with E-state index in [0.717, 1.165) is 29.9 Å². The van der Waals surface area contributed by atoms with Crippen molar-refractivity contribution in [1.29, 1.82) is 0 Å². The fourth-order valence-electron chi connectivity index (χ4n) is 1.55. The number of halogens is 1. The smallest absolute Gasteiger partial charge is 0.320 e. The SMILES string of the molecule is NC(CCCCCSc1cc(Cl)ccc1O)C(=O)O. The molecule has 0 aromatic heterocycles. The van der Waals surface area contributed by atoms with Gasteiger partial charge in [0.25, 0.3) is 0 Å². The molecule has 0 aliphatic rings. The third kappa shape index (κ3) is 6.18. The van der Waals surface area contributed by atoms with Gasteiger partial charge in [0.1, 0.15) is 11.8 Å². The molecule has 19 heavy (non-hydrogen) atoms. The van der Waals surface area contributed by atoms with Crippen molar-refractivity contribution in [2.45, 2.75) is 36.6 Å². The van der Waals surface area contributed by atoms with E-state index < -0.39 is 12.0 Å². The molecular weight excluding hydrogens is 286 g/mol. The maximum Gasteiger partial charge on any atom is 0.320 e. The fraction of sp³-hybridized carbons (Fsp3) is 0.462. The van der Waals surface area contributed by atoms with Gasteiger partial charge >= 0.3 is 5.97 Å². The monoisotopic (exact) mass is 303 g/mol. The van der Waals surface area contributed by atoms with Gasteiger partial charge in [0, 0.05) is 5.02 Å². The molecule has 0 aliphatic carbocycles. The molecule has 0 spiro atoms. The van der Waals surface area contributed by atoms with Gasteiger partial charge in [-0.05, 0) is 36.8 Å². The summed E-state index contributed by atoms with van der Waals surface area (Å²) in [5.41, 5.74) is 5.41. The number of thioether (sulfide) groups is 1. The van der Waals surface area contributed by atoms with Crippen LogP contribution in [-0.4, -0.2) is 28.0 Å². The number of aliphatic carboxylic acids is 1. The Morgan fingerprint density at radius 1 is 1.37 bits per heavy atom. The first-order valence-corrected chi connectivity index (χ1v) is 7.46. The fourth-order valence-corrected chi connectivity index (χ4v) is 2.78. The third-order valence-corrected chi connectivity index (χ3v) is 4.02. The summed E-state index contributed by atoms with van der Waals surface area (Å²) in [6.45, 7) is 0. The van der Waals surface area contributed by atoms with Crippen molar-refractivity contribution in [1.82, 2.24) is 0 Å². The van der Waals surface area contributed by atoms with Crippen molar-refractivity contribution < 1.29 is 15.0 Å². The van der Waals surface area contributed by atoms with Crippen molar-refractivity contribution in [2.75, 3.05) is 5.75 Å². The first kappa shape index (κ1) is 16.1. The van der Waals surface area contributed by atoms with Gasteiger partial charge in [-0.1, -0.05) is 24.4 Å². The number of aromatic hydroxyl groups is 1. The average molecular weight is 304 g/mol. The van der Waals surface area contributed by atoms with Crippen LogP contribution in [0.1, 0.15) is 25.7 Å². The number of phenols is 1. The molecule has 0 aliphatic heterocycles. The molecule has 1 rings (SSSR count). The van der Waals surface area contributed by atoms with Crippen LogP contribution in [0.3, 0.4) is 0 Å². The normalized spacial score (nSPS) is 12.3. The van der Waals surface area contributed by atoms with E-state index in [1.807, 2.05) is 0 Å². The van der Waals surface area contributed by atoms with Crippen LogP contribution in [0.4, 0.5) is 0 Å². The topological polar surface area (TPSA) is 83.5 Å². The predicted octanol–water partition coefficient (Wildman–Crippen LogP) is 3.11. The highest BCUT2D eigenvalue weighted by Gasteiger charge is 2.10. The van der Waals surface area contributed by atoms with Crippen LogP contribution in [0, 0.1) is 0 Å². The van der Waals surface area contributed by atoms with Crippen molar-refractivity contribution in [2.24, 2.45) is 5.73 Å². The predicted molar refractivity (Wildman–Crippen MR) is 77.9 cm³/mol. The quantitative estimate of drug-likeness (QED) is 0.507. The average Bonchev–Trinajstić information content (AvgIpc) is 2.37. The van der Waals surface area contributed by atoms with Gasteiger partial charge in [-0.2, -0.15) is 0 Å². The lowest BCUT2D eigenvalue weighted by molar-refractivity contribution is -0.138. The molecule has 0 fully saturated rings. The second kappa shape index (κ2) is 8.30. The van der Waals surface area contributed by atoms with Crippen LogP contribution in [0.15, 0.2) is 23.1 Å². The number of rotatable bonds is 8. The Hall–Kier alpha value is -0.910.